The molecule has 0 bridgehead atoms. The van der Waals surface area contributed by atoms with Crippen molar-refractivity contribution < 1.29 is 14.0 Å². The van der Waals surface area contributed by atoms with E-state index in [0.29, 0.717) is 17.7 Å². The molecule has 5 heteroatoms. The standard InChI is InChI=1S/C13H11NO3S/c15-11(7-14-5-6-18-13(14)16)10-8-17-12-4-2-1-3-9(10)12/h1-4,8H,5-7H2. The lowest BCUT2D eigenvalue weighted by Gasteiger charge is -2.12. The van der Waals surface area contributed by atoms with Gasteiger partial charge in [-0.15, -0.1) is 0 Å². The molecule has 18 heavy (non-hydrogen) atoms. The lowest BCUT2D eigenvalue weighted by molar-refractivity contribution is 0.0957. The van der Waals surface area contributed by atoms with Gasteiger partial charge in [0, 0.05) is 17.7 Å². The van der Waals surface area contributed by atoms with Crippen LogP contribution in [0.1, 0.15) is 10.4 Å². The number of fused-ring (bicyclic) bond motifs is 1. The fraction of sp³-hybridized carbons (Fsp3) is 0.231. The minimum Gasteiger partial charge on any atom is -0.464 e. The summed E-state index contributed by atoms with van der Waals surface area (Å²) in [4.78, 5) is 25.2. The predicted octanol–water partition coefficient (Wildman–Crippen LogP) is 2.78. The van der Waals surface area contributed by atoms with E-state index in [-0.39, 0.29) is 17.6 Å². The van der Waals surface area contributed by atoms with Crippen LogP contribution in [0, 0.1) is 0 Å². The van der Waals surface area contributed by atoms with Crippen molar-refractivity contribution in [1.82, 2.24) is 4.90 Å². The summed E-state index contributed by atoms with van der Waals surface area (Å²) in [5.41, 5.74) is 1.25. The molecule has 2 aromatic rings. The summed E-state index contributed by atoms with van der Waals surface area (Å²) >= 11 is 1.26. The van der Waals surface area contributed by atoms with Crippen molar-refractivity contribution in [3.8, 4) is 0 Å². The zero-order valence-electron chi connectivity index (χ0n) is 9.59. The maximum atomic E-state index is 12.2. The average Bonchev–Trinajstić information content (AvgIpc) is 2.96. The van der Waals surface area contributed by atoms with Crippen LogP contribution in [0.15, 0.2) is 34.9 Å². The van der Waals surface area contributed by atoms with Crippen LogP contribution in [0.5, 0.6) is 0 Å². The molecule has 4 nitrogen and oxygen atoms in total. The first-order chi connectivity index (χ1) is 8.75. The molecule has 1 aromatic carbocycles. The van der Waals surface area contributed by atoms with Gasteiger partial charge in [-0.05, 0) is 6.07 Å². The van der Waals surface area contributed by atoms with E-state index < -0.39 is 0 Å². The average molecular weight is 261 g/mol. The first-order valence-electron chi connectivity index (χ1n) is 5.67. The second-order valence-electron chi connectivity index (χ2n) is 4.10. The third-order valence-corrected chi connectivity index (χ3v) is 3.85. The maximum absolute atomic E-state index is 12.2. The van der Waals surface area contributed by atoms with Crippen molar-refractivity contribution in [3.05, 3.63) is 36.1 Å². The monoisotopic (exact) mass is 261 g/mol. The number of thioether (sulfide) groups is 1. The van der Waals surface area contributed by atoms with Crippen LogP contribution in [-0.2, 0) is 0 Å². The van der Waals surface area contributed by atoms with Gasteiger partial charge in [0.25, 0.3) is 5.24 Å². The summed E-state index contributed by atoms with van der Waals surface area (Å²) in [6.45, 7) is 0.778. The van der Waals surface area contributed by atoms with Gasteiger partial charge in [-0.3, -0.25) is 9.59 Å². The number of hydrogen-bond donors (Lipinski definition) is 0. The van der Waals surface area contributed by atoms with Gasteiger partial charge in [0.05, 0.1) is 12.1 Å². The Morgan fingerprint density at radius 2 is 2.22 bits per heavy atom. The molecule has 0 spiro atoms. The molecule has 0 radical (unpaired) electrons. The lowest BCUT2D eigenvalue weighted by Crippen LogP contribution is -2.29. The minimum absolute atomic E-state index is 0.0175. The van der Waals surface area contributed by atoms with Crippen LogP contribution in [0.3, 0.4) is 0 Å². The summed E-state index contributed by atoms with van der Waals surface area (Å²) in [6, 6.07) is 7.40. The molecule has 2 heterocycles. The van der Waals surface area contributed by atoms with Crippen molar-refractivity contribution in [2.75, 3.05) is 18.8 Å². The van der Waals surface area contributed by atoms with Crippen molar-refractivity contribution in [2.45, 2.75) is 0 Å². The second-order valence-corrected chi connectivity index (χ2v) is 5.15. The Morgan fingerprint density at radius 1 is 1.39 bits per heavy atom. The third kappa shape index (κ3) is 1.90. The normalized spacial score (nSPS) is 15.6. The van der Waals surface area contributed by atoms with Crippen molar-refractivity contribution in [1.29, 1.82) is 0 Å². The minimum atomic E-state index is -0.0733. The fourth-order valence-electron chi connectivity index (χ4n) is 2.02. The number of carbonyl (C=O) groups excluding carboxylic acids is 2. The molecule has 1 aliphatic heterocycles. The van der Waals surface area contributed by atoms with Crippen molar-refractivity contribution >= 4 is 33.8 Å². The first-order valence-corrected chi connectivity index (χ1v) is 6.65. The molecule has 3 rings (SSSR count). The van der Waals surface area contributed by atoms with Gasteiger partial charge in [-0.2, -0.15) is 0 Å². The van der Waals surface area contributed by atoms with Gasteiger partial charge in [-0.1, -0.05) is 30.0 Å². The molecule has 0 saturated carbocycles. The van der Waals surface area contributed by atoms with E-state index in [1.54, 1.807) is 4.90 Å². The van der Waals surface area contributed by atoms with Gasteiger partial charge < -0.3 is 9.32 Å². The van der Waals surface area contributed by atoms with Gasteiger partial charge >= 0.3 is 0 Å². The van der Waals surface area contributed by atoms with E-state index in [4.69, 9.17) is 4.42 Å². The number of hydrogen-bond acceptors (Lipinski definition) is 4. The fourth-order valence-corrected chi connectivity index (χ4v) is 2.85. The number of Topliss-reactive ketones (excluding diaryl/α,β-unsaturated/α-hetero) is 1. The smallest absolute Gasteiger partial charge is 0.282 e. The summed E-state index contributed by atoms with van der Waals surface area (Å²) in [6.07, 6.45) is 1.47. The Hall–Kier alpha value is -1.75. The number of carbonyl (C=O) groups is 2. The van der Waals surface area contributed by atoms with E-state index in [1.807, 2.05) is 24.3 Å². The molecule has 1 saturated heterocycles. The highest BCUT2D eigenvalue weighted by atomic mass is 32.2. The largest absolute Gasteiger partial charge is 0.464 e. The number of benzene rings is 1. The number of para-hydroxylation sites is 1. The molecule has 92 valence electrons. The lowest BCUT2D eigenvalue weighted by atomic mass is 10.1. The van der Waals surface area contributed by atoms with Crippen molar-refractivity contribution in [3.63, 3.8) is 0 Å². The van der Waals surface area contributed by atoms with Crippen LogP contribution in [0.4, 0.5) is 4.79 Å². The van der Waals surface area contributed by atoms with E-state index in [1.165, 1.54) is 18.0 Å². The molecular formula is C13H11NO3S. The molecule has 1 aliphatic rings. The molecule has 1 amide bonds. The summed E-state index contributed by atoms with van der Waals surface area (Å²) in [5.74, 6) is 0.689. The van der Waals surface area contributed by atoms with Crippen molar-refractivity contribution in [2.24, 2.45) is 0 Å². The number of furan rings is 1. The Morgan fingerprint density at radius 3 is 3.00 bits per heavy atom. The predicted molar refractivity (Wildman–Crippen MR) is 70.0 cm³/mol. The Bertz CT molecular complexity index is 619. The van der Waals surface area contributed by atoms with Gasteiger partial charge in [0.1, 0.15) is 11.8 Å². The van der Waals surface area contributed by atoms with Gasteiger partial charge in [0.2, 0.25) is 0 Å². The van der Waals surface area contributed by atoms with Crippen LogP contribution >= 0.6 is 11.8 Å². The van der Waals surface area contributed by atoms with Crippen LogP contribution < -0.4 is 0 Å². The Kier molecular flexibility index (Phi) is 2.83. The highest BCUT2D eigenvalue weighted by Crippen LogP contribution is 2.23. The Balaban J connectivity index is 1.86. The second kappa shape index (κ2) is 4.49. The van der Waals surface area contributed by atoms with Gasteiger partial charge in [-0.25, -0.2) is 0 Å². The zero-order chi connectivity index (χ0) is 12.5. The van der Waals surface area contributed by atoms with E-state index >= 15 is 0 Å². The maximum Gasteiger partial charge on any atom is 0.282 e. The number of amides is 1. The van der Waals surface area contributed by atoms with Gasteiger partial charge in [0.15, 0.2) is 5.78 Å². The summed E-state index contributed by atoms with van der Waals surface area (Å²) in [7, 11) is 0. The molecule has 0 unspecified atom stereocenters. The Labute approximate surface area is 108 Å². The van der Waals surface area contributed by atoms with E-state index in [2.05, 4.69) is 0 Å². The first kappa shape index (κ1) is 11.3. The molecular weight excluding hydrogens is 250 g/mol. The molecule has 0 aliphatic carbocycles. The number of rotatable bonds is 3. The zero-order valence-corrected chi connectivity index (χ0v) is 10.4. The highest BCUT2D eigenvalue weighted by Gasteiger charge is 2.25. The summed E-state index contributed by atoms with van der Waals surface area (Å²) in [5, 5.41) is 0.790. The number of nitrogens with zero attached hydrogens (tertiary/aromatic N) is 1. The number of ketones is 1. The van der Waals surface area contributed by atoms with Crippen LogP contribution in [-0.4, -0.2) is 34.8 Å². The highest BCUT2D eigenvalue weighted by molar-refractivity contribution is 8.13. The molecule has 0 atom stereocenters. The quantitative estimate of drug-likeness (QED) is 0.797. The summed E-state index contributed by atoms with van der Waals surface area (Å²) < 4.78 is 5.33. The molecule has 0 N–H and O–H groups in total. The topological polar surface area (TPSA) is 50.5 Å². The molecule has 1 aromatic heterocycles. The van der Waals surface area contributed by atoms with Crippen LogP contribution in [0.2, 0.25) is 0 Å². The van der Waals surface area contributed by atoms with Crippen LogP contribution in [0.25, 0.3) is 11.0 Å². The SMILES string of the molecule is O=C(CN1CCSC1=O)c1coc2ccccc12. The molecule has 1 fully saturated rings. The van der Waals surface area contributed by atoms with E-state index in [0.717, 1.165) is 11.1 Å². The van der Waals surface area contributed by atoms with E-state index in [9.17, 15) is 9.59 Å². The third-order valence-electron chi connectivity index (χ3n) is 2.96.